The first kappa shape index (κ1) is 60.6. The van der Waals surface area contributed by atoms with Crippen LogP contribution in [-0.2, 0) is 89.0 Å². The summed E-state index contributed by atoms with van der Waals surface area (Å²) in [6, 6.07) is 9.99. The first-order valence-corrected chi connectivity index (χ1v) is 27.5. The molecule has 0 radical (unpaired) electrons. The number of aryl methyl sites for hydroxylation is 1. The lowest BCUT2D eigenvalue weighted by Gasteiger charge is -2.31. The van der Waals surface area contributed by atoms with E-state index < -0.39 is 90.4 Å². The molecule has 0 spiro atoms. The number of halogens is 1. The van der Waals surface area contributed by atoms with Gasteiger partial charge < -0.3 is 71.1 Å². The third kappa shape index (κ3) is 14.6. The Hall–Kier alpha value is -8.46. The van der Waals surface area contributed by atoms with Crippen LogP contribution in [-0.4, -0.2) is 156 Å². The summed E-state index contributed by atoms with van der Waals surface area (Å²) in [5, 5.41) is 40.1. The molecular formula is C57H67FN10O15. The quantitative estimate of drug-likeness (QED) is 0.0220. The first-order valence-electron chi connectivity index (χ1n) is 27.5. The summed E-state index contributed by atoms with van der Waals surface area (Å²) in [4.78, 5) is 134. The Labute approximate surface area is 475 Å². The normalized spacial score (nSPS) is 17.6. The number of aliphatic hydroxyl groups excluding tert-OH is 1. The van der Waals surface area contributed by atoms with Gasteiger partial charge >= 0.3 is 5.97 Å². The molecule has 2 aromatic carbocycles. The Balaban J connectivity index is 0.739. The number of fused-ring (bicyclic) bond motifs is 5. The van der Waals surface area contributed by atoms with Crippen molar-refractivity contribution in [3.8, 4) is 11.4 Å². The molecule has 1 unspecified atom stereocenters. The highest BCUT2D eigenvalue weighted by Crippen LogP contribution is 2.46. The molecule has 0 saturated carbocycles. The van der Waals surface area contributed by atoms with E-state index in [0.717, 1.165) is 5.56 Å². The van der Waals surface area contributed by atoms with E-state index in [2.05, 4.69) is 37.2 Å². The van der Waals surface area contributed by atoms with Gasteiger partial charge in [-0.15, -0.1) is 0 Å². The lowest BCUT2D eigenvalue weighted by Crippen LogP contribution is -2.52. The van der Waals surface area contributed by atoms with Gasteiger partial charge in [0, 0.05) is 74.0 Å². The molecule has 9 N–H and O–H groups in total. The Morgan fingerprint density at radius 2 is 1.52 bits per heavy atom. The molecule has 442 valence electrons. The zero-order valence-corrected chi connectivity index (χ0v) is 46.0. The standard InChI is InChI=1S/C57H67FN10O15/c1-3-57(80)37-25-42-53-35(30-68(42)55(78)36(37)31-83-56(57)79)52-39(12-11-34-32(2)38(58)26-40(66-53)51(34)52)64-45(71)10-7-17-59-46(72)28-63-54(77)41(24-33-8-5-4-6-9-33)65-48(74)29-62-47(73)27-61-44(70)16-20-81-22-23-82-21-18-60-43(69)15-19-67-49(75)13-14-50(67)76/h4-6,8-9,13-14,25-26,39,41,49,75,80H,3,7,10-12,15-24,27-31H2,1-2H3,(H,59,72)(H,60,69)(H,61,70)(H,62,73)(H,63,77)(H,64,71)(H,65,74)/t39-,41-,49?,57-/m0/s1. The number of carbonyl (C=O) groups is 9. The summed E-state index contributed by atoms with van der Waals surface area (Å²) in [5.41, 5.74) is 2.10. The fourth-order valence-corrected chi connectivity index (χ4v) is 10.4. The van der Waals surface area contributed by atoms with Gasteiger partial charge in [-0.25, -0.2) is 14.2 Å². The molecule has 3 aliphatic heterocycles. The highest BCUT2D eigenvalue weighted by molar-refractivity contribution is 5.95. The van der Waals surface area contributed by atoms with Crippen molar-refractivity contribution >= 4 is 64.1 Å². The van der Waals surface area contributed by atoms with Crippen molar-refractivity contribution in [3.63, 3.8) is 0 Å². The third-order valence-electron chi connectivity index (χ3n) is 14.9. The topological polar surface area (TPSA) is 344 Å². The maximum absolute atomic E-state index is 15.4. The molecule has 8 amide bonds. The summed E-state index contributed by atoms with van der Waals surface area (Å²) >= 11 is 0. The number of pyridine rings is 2. The summed E-state index contributed by atoms with van der Waals surface area (Å²) in [7, 11) is 0. The number of amides is 8. The van der Waals surface area contributed by atoms with E-state index in [0.29, 0.717) is 57.4 Å². The van der Waals surface area contributed by atoms with Crippen molar-refractivity contribution < 1.29 is 72.0 Å². The number of aliphatic hydroxyl groups is 2. The monoisotopic (exact) mass is 1150 g/mol. The van der Waals surface area contributed by atoms with Crippen molar-refractivity contribution in [2.45, 2.75) is 102 Å². The molecule has 0 bridgehead atoms. The van der Waals surface area contributed by atoms with E-state index in [-0.39, 0.29) is 127 Å². The minimum atomic E-state index is -2.04. The van der Waals surface area contributed by atoms with Gasteiger partial charge in [0.05, 0.1) is 81.1 Å². The largest absolute Gasteiger partial charge is 0.458 e. The van der Waals surface area contributed by atoms with Crippen LogP contribution in [0.1, 0.15) is 90.4 Å². The van der Waals surface area contributed by atoms with E-state index in [4.69, 9.17) is 19.2 Å². The van der Waals surface area contributed by atoms with Crippen LogP contribution in [0, 0.1) is 12.7 Å². The molecule has 4 atom stereocenters. The number of ether oxygens (including phenoxy) is 3. The number of aromatic nitrogens is 2. The first-order chi connectivity index (χ1) is 39.9. The van der Waals surface area contributed by atoms with Crippen molar-refractivity contribution in [1.82, 2.24) is 51.7 Å². The molecule has 25 nitrogen and oxygen atoms in total. The number of benzene rings is 2. The number of hydrogen-bond acceptors (Lipinski definition) is 16. The van der Waals surface area contributed by atoms with Gasteiger partial charge in [0.25, 0.3) is 5.56 Å². The number of carbonyl (C=O) groups excluding carboxylic acids is 9. The van der Waals surface area contributed by atoms with Crippen molar-refractivity contribution in [3.05, 3.63) is 110 Å². The highest BCUT2D eigenvalue weighted by atomic mass is 19.1. The van der Waals surface area contributed by atoms with Gasteiger partial charge in [0.2, 0.25) is 47.3 Å². The van der Waals surface area contributed by atoms with Crippen LogP contribution in [0.25, 0.3) is 22.3 Å². The SMILES string of the molecule is CC[C@@]1(O)C(=O)OCc2c1cc1n(c2=O)Cc2c-1nc1cc(F)c(C)c3c1c2[C@@H](NC(=O)CCCNC(=O)CNC(=O)[C@H](Cc1ccccc1)NC(=O)CNC(=O)CNC(=O)CCOCCOCCNC(=O)CCN1C(=O)C=CC1O)CC3. The molecule has 26 heteroatoms. The fraction of sp³-hybridized carbons (Fsp3) is 0.456. The van der Waals surface area contributed by atoms with Gasteiger partial charge in [-0.1, -0.05) is 37.3 Å². The van der Waals surface area contributed by atoms with E-state index in [1.54, 1.807) is 50.2 Å². The number of nitrogens with one attached hydrogen (secondary N) is 7. The molecule has 0 fully saturated rings. The molecule has 5 heterocycles. The van der Waals surface area contributed by atoms with E-state index >= 15 is 4.39 Å². The van der Waals surface area contributed by atoms with Gasteiger partial charge in [0.15, 0.2) is 5.60 Å². The van der Waals surface area contributed by atoms with Crippen LogP contribution in [0.4, 0.5) is 4.39 Å². The predicted molar refractivity (Wildman–Crippen MR) is 293 cm³/mol. The minimum absolute atomic E-state index is 0.00203. The Kier molecular flexibility index (Phi) is 20.1. The molecule has 4 aliphatic rings. The smallest absolute Gasteiger partial charge is 0.343 e. The Morgan fingerprint density at radius 1 is 0.819 bits per heavy atom. The second-order valence-corrected chi connectivity index (χ2v) is 20.4. The second kappa shape index (κ2) is 27.5. The van der Waals surface area contributed by atoms with Gasteiger partial charge in [-0.05, 0) is 67.0 Å². The van der Waals surface area contributed by atoms with Crippen LogP contribution in [0.2, 0.25) is 0 Å². The third-order valence-corrected chi connectivity index (χ3v) is 14.9. The zero-order valence-electron chi connectivity index (χ0n) is 46.0. The van der Waals surface area contributed by atoms with Crippen LogP contribution in [0.15, 0.2) is 59.4 Å². The van der Waals surface area contributed by atoms with Crippen LogP contribution < -0.4 is 42.8 Å². The van der Waals surface area contributed by atoms with E-state index in [1.807, 2.05) is 0 Å². The molecule has 2 aromatic heterocycles. The molecule has 1 aliphatic carbocycles. The van der Waals surface area contributed by atoms with E-state index in [9.17, 15) is 58.2 Å². The average Bonchev–Trinajstić information content (AvgIpc) is 4.19. The maximum atomic E-state index is 15.4. The number of nitrogens with zero attached hydrogens (tertiary/aromatic N) is 3. The van der Waals surface area contributed by atoms with Gasteiger partial charge in [-0.3, -0.25) is 43.2 Å². The van der Waals surface area contributed by atoms with Crippen LogP contribution in [0.5, 0.6) is 0 Å². The lowest BCUT2D eigenvalue weighted by atomic mass is 9.81. The number of hydrogen-bond donors (Lipinski definition) is 9. The zero-order chi connectivity index (χ0) is 59.4. The van der Waals surface area contributed by atoms with E-state index in [1.165, 1.54) is 27.7 Å². The summed E-state index contributed by atoms with van der Waals surface area (Å²) < 4.78 is 32.9. The van der Waals surface area contributed by atoms with Crippen LogP contribution in [0.3, 0.4) is 0 Å². The Morgan fingerprint density at radius 3 is 2.27 bits per heavy atom. The molecular weight excluding hydrogens is 1080 g/mol. The highest BCUT2D eigenvalue weighted by Gasteiger charge is 2.46. The van der Waals surface area contributed by atoms with Crippen molar-refractivity contribution in [1.29, 1.82) is 0 Å². The lowest BCUT2D eigenvalue weighted by molar-refractivity contribution is -0.172. The van der Waals surface area contributed by atoms with Gasteiger partial charge in [0.1, 0.15) is 24.7 Å². The number of rotatable bonds is 28. The molecule has 83 heavy (non-hydrogen) atoms. The molecule has 0 saturated heterocycles. The van der Waals surface area contributed by atoms with Crippen molar-refractivity contribution in [2.24, 2.45) is 0 Å². The number of esters is 1. The number of cyclic esters (lactones) is 1. The fourth-order valence-electron chi connectivity index (χ4n) is 10.4. The van der Waals surface area contributed by atoms with Gasteiger partial charge in [-0.2, -0.15) is 0 Å². The average molecular weight is 1150 g/mol. The maximum Gasteiger partial charge on any atom is 0.343 e. The van der Waals surface area contributed by atoms with Crippen LogP contribution >= 0.6 is 0 Å². The summed E-state index contributed by atoms with van der Waals surface area (Å²) in [5.74, 6) is -5.44. The molecule has 4 aromatic rings. The predicted octanol–water partition coefficient (Wildman–Crippen LogP) is -0.750. The summed E-state index contributed by atoms with van der Waals surface area (Å²) in [6.07, 6.45) is 2.57. The Bertz CT molecular complexity index is 3280. The second-order valence-electron chi connectivity index (χ2n) is 20.4. The summed E-state index contributed by atoms with van der Waals surface area (Å²) in [6.45, 7) is 2.57. The van der Waals surface area contributed by atoms with Crippen molar-refractivity contribution in [2.75, 3.05) is 65.7 Å². The molecule has 8 rings (SSSR count). The minimum Gasteiger partial charge on any atom is -0.458 e.